The minimum atomic E-state index is -3.46. The van der Waals surface area contributed by atoms with Gasteiger partial charge in [0.05, 0.1) is 23.4 Å². The molecule has 0 aliphatic heterocycles. The summed E-state index contributed by atoms with van der Waals surface area (Å²) in [6.45, 7) is -0.360. The van der Waals surface area contributed by atoms with Crippen LogP contribution >= 0.6 is 11.6 Å². The molecular formula is C10H14ClNO4S. The fraction of sp³-hybridized carbons (Fsp3) is 0.400. The number of rotatable bonds is 5. The van der Waals surface area contributed by atoms with Crippen LogP contribution in [-0.4, -0.2) is 44.1 Å². The molecule has 0 fully saturated rings. The molecule has 0 spiro atoms. The Balaban J connectivity index is 3.04. The highest BCUT2D eigenvalue weighted by molar-refractivity contribution is 7.91. The summed E-state index contributed by atoms with van der Waals surface area (Å²) in [5, 5.41) is 20.7. The van der Waals surface area contributed by atoms with Crippen LogP contribution in [0.3, 0.4) is 0 Å². The second-order valence-corrected chi connectivity index (χ2v) is 5.97. The van der Waals surface area contributed by atoms with Gasteiger partial charge in [-0.2, -0.15) is 0 Å². The van der Waals surface area contributed by atoms with Gasteiger partial charge >= 0.3 is 0 Å². The van der Waals surface area contributed by atoms with Gasteiger partial charge in [-0.1, -0.05) is 17.7 Å². The molecular weight excluding hydrogens is 266 g/mol. The maximum atomic E-state index is 11.6. The Labute approximate surface area is 105 Å². The maximum absolute atomic E-state index is 11.6. The number of aliphatic hydroxyl groups is 2. The second-order valence-electron chi connectivity index (χ2n) is 3.61. The quantitative estimate of drug-likeness (QED) is 0.731. The third kappa shape index (κ3) is 3.85. The lowest BCUT2D eigenvalue weighted by molar-refractivity contribution is 0.105. The number of halogens is 1. The summed E-state index contributed by atoms with van der Waals surface area (Å²) in [6, 6.07) is 4.63. The highest BCUT2D eigenvalue weighted by Gasteiger charge is 2.17. The van der Waals surface area contributed by atoms with Gasteiger partial charge in [0.2, 0.25) is 0 Å². The zero-order chi connectivity index (χ0) is 13.1. The lowest BCUT2D eigenvalue weighted by Crippen LogP contribution is -2.23. The Bertz CT molecular complexity index is 489. The van der Waals surface area contributed by atoms with E-state index in [1.54, 1.807) is 12.1 Å². The molecule has 1 unspecified atom stereocenters. The summed E-state index contributed by atoms with van der Waals surface area (Å²) in [5.74, 6) is 0. The summed E-state index contributed by atoms with van der Waals surface area (Å²) < 4.78 is 23.1. The van der Waals surface area contributed by atoms with E-state index >= 15 is 0 Å². The topological polar surface area (TPSA) is 86.6 Å². The molecule has 0 bridgehead atoms. The van der Waals surface area contributed by atoms with E-state index in [1.807, 2.05) is 0 Å². The maximum Gasteiger partial charge on any atom is 0.179 e. The van der Waals surface area contributed by atoms with E-state index in [0.717, 1.165) is 6.26 Å². The molecule has 1 atom stereocenters. The van der Waals surface area contributed by atoms with Crippen LogP contribution in [-0.2, 0) is 9.84 Å². The molecule has 0 radical (unpaired) electrons. The Hall–Kier alpha value is -0.820. The van der Waals surface area contributed by atoms with Crippen LogP contribution in [0.5, 0.6) is 0 Å². The lowest BCUT2D eigenvalue weighted by atomic mass is 10.3. The molecule has 0 aliphatic rings. The van der Waals surface area contributed by atoms with E-state index in [0.29, 0.717) is 5.69 Å². The molecule has 5 nitrogen and oxygen atoms in total. The molecule has 1 aromatic carbocycles. The summed E-state index contributed by atoms with van der Waals surface area (Å²) in [5.41, 5.74) is 0.312. The molecule has 17 heavy (non-hydrogen) atoms. The van der Waals surface area contributed by atoms with Crippen molar-refractivity contribution in [1.29, 1.82) is 0 Å². The van der Waals surface area contributed by atoms with Gasteiger partial charge in [-0.3, -0.25) is 0 Å². The van der Waals surface area contributed by atoms with Crippen molar-refractivity contribution in [1.82, 2.24) is 0 Å². The molecule has 1 rings (SSSR count). The fourth-order valence-electron chi connectivity index (χ4n) is 1.32. The third-order valence-corrected chi connectivity index (χ3v) is 3.69. The molecule has 0 saturated carbocycles. The Morgan fingerprint density at radius 1 is 1.47 bits per heavy atom. The van der Waals surface area contributed by atoms with E-state index in [-0.39, 0.29) is 16.5 Å². The predicted octanol–water partition coefficient (Wildman–Crippen LogP) is 0.509. The van der Waals surface area contributed by atoms with E-state index in [4.69, 9.17) is 16.7 Å². The molecule has 3 N–H and O–H groups in total. The molecule has 0 saturated heterocycles. The predicted molar refractivity (Wildman–Crippen MR) is 66.1 cm³/mol. The van der Waals surface area contributed by atoms with Crippen molar-refractivity contribution in [2.45, 2.75) is 11.0 Å². The molecule has 0 amide bonds. The van der Waals surface area contributed by atoms with Crippen molar-refractivity contribution in [3.05, 3.63) is 23.2 Å². The molecule has 0 aliphatic carbocycles. The summed E-state index contributed by atoms with van der Waals surface area (Å²) >= 11 is 5.83. The smallest absolute Gasteiger partial charge is 0.179 e. The minimum Gasteiger partial charge on any atom is -0.394 e. The lowest BCUT2D eigenvalue weighted by Gasteiger charge is -2.14. The van der Waals surface area contributed by atoms with Gasteiger partial charge in [0, 0.05) is 12.8 Å². The Morgan fingerprint density at radius 3 is 2.65 bits per heavy atom. The SMILES string of the molecule is CS(=O)(=O)c1c(Cl)cccc1NCC(O)CO. The first-order valence-corrected chi connectivity index (χ1v) is 7.14. The first-order chi connectivity index (χ1) is 7.86. The largest absolute Gasteiger partial charge is 0.394 e. The molecule has 1 aromatic rings. The molecule has 0 aromatic heterocycles. The minimum absolute atomic E-state index is 0.00759. The molecule has 7 heteroatoms. The average Bonchev–Trinajstić information content (AvgIpc) is 2.24. The third-order valence-electron chi connectivity index (χ3n) is 2.08. The summed E-state index contributed by atoms with van der Waals surface area (Å²) in [7, 11) is -3.46. The summed E-state index contributed by atoms with van der Waals surface area (Å²) in [6.07, 6.45) is 0.100. The highest BCUT2D eigenvalue weighted by atomic mass is 35.5. The van der Waals surface area contributed by atoms with Gasteiger partial charge in [0.15, 0.2) is 9.84 Å². The van der Waals surface area contributed by atoms with Crippen molar-refractivity contribution in [3.63, 3.8) is 0 Å². The van der Waals surface area contributed by atoms with E-state index in [9.17, 15) is 13.5 Å². The molecule has 0 heterocycles. The van der Waals surface area contributed by atoms with Gasteiger partial charge in [0.1, 0.15) is 4.90 Å². The number of hydrogen-bond acceptors (Lipinski definition) is 5. The van der Waals surface area contributed by atoms with Gasteiger partial charge in [-0.15, -0.1) is 0 Å². The number of aliphatic hydroxyl groups excluding tert-OH is 2. The van der Waals surface area contributed by atoms with Gasteiger partial charge in [-0.25, -0.2) is 8.42 Å². The standard InChI is InChI=1S/C10H14ClNO4S/c1-17(15,16)10-8(11)3-2-4-9(10)12-5-7(14)6-13/h2-4,7,12-14H,5-6H2,1H3. The Kier molecular flexibility index (Phi) is 4.76. The highest BCUT2D eigenvalue weighted by Crippen LogP contribution is 2.28. The van der Waals surface area contributed by atoms with Crippen LogP contribution in [0, 0.1) is 0 Å². The van der Waals surface area contributed by atoms with Crippen molar-refractivity contribution in [2.75, 3.05) is 24.7 Å². The van der Waals surface area contributed by atoms with E-state index in [1.165, 1.54) is 6.07 Å². The fourth-order valence-corrected chi connectivity index (χ4v) is 2.87. The van der Waals surface area contributed by atoms with Crippen molar-refractivity contribution in [2.24, 2.45) is 0 Å². The van der Waals surface area contributed by atoms with Gasteiger partial charge in [0.25, 0.3) is 0 Å². The van der Waals surface area contributed by atoms with Crippen LogP contribution in [0.25, 0.3) is 0 Å². The average molecular weight is 280 g/mol. The van der Waals surface area contributed by atoms with Crippen LogP contribution in [0.15, 0.2) is 23.1 Å². The van der Waals surface area contributed by atoms with E-state index in [2.05, 4.69) is 5.32 Å². The number of sulfone groups is 1. The number of benzene rings is 1. The van der Waals surface area contributed by atoms with Crippen molar-refractivity contribution in [3.8, 4) is 0 Å². The van der Waals surface area contributed by atoms with Crippen LogP contribution in [0.1, 0.15) is 0 Å². The normalized spacial score (nSPS) is 13.4. The van der Waals surface area contributed by atoms with E-state index < -0.39 is 22.5 Å². The van der Waals surface area contributed by atoms with Crippen molar-refractivity contribution >= 4 is 27.1 Å². The summed E-state index contributed by atoms with van der Waals surface area (Å²) in [4.78, 5) is -0.00759. The van der Waals surface area contributed by atoms with Gasteiger partial charge < -0.3 is 15.5 Å². The second kappa shape index (κ2) is 5.68. The van der Waals surface area contributed by atoms with Crippen LogP contribution in [0.2, 0.25) is 5.02 Å². The molecule has 96 valence electrons. The van der Waals surface area contributed by atoms with Gasteiger partial charge in [-0.05, 0) is 12.1 Å². The zero-order valence-electron chi connectivity index (χ0n) is 9.22. The van der Waals surface area contributed by atoms with Crippen LogP contribution < -0.4 is 5.32 Å². The first-order valence-electron chi connectivity index (χ1n) is 4.87. The van der Waals surface area contributed by atoms with Crippen LogP contribution in [0.4, 0.5) is 5.69 Å². The zero-order valence-corrected chi connectivity index (χ0v) is 10.8. The number of nitrogens with one attached hydrogen (secondary N) is 1. The number of anilines is 1. The monoisotopic (exact) mass is 279 g/mol. The first kappa shape index (κ1) is 14.2. The number of hydrogen-bond donors (Lipinski definition) is 3. The van der Waals surface area contributed by atoms with Crippen molar-refractivity contribution < 1.29 is 18.6 Å². The Morgan fingerprint density at radius 2 is 2.12 bits per heavy atom.